The van der Waals surface area contributed by atoms with Gasteiger partial charge >= 0.3 is 5.97 Å². The Morgan fingerprint density at radius 3 is 2.53 bits per heavy atom. The fourth-order valence-electron chi connectivity index (χ4n) is 1.75. The number of unbranched alkanes of at least 4 members (excludes halogenated alkanes) is 2. The average Bonchev–Trinajstić information content (AvgIpc) is 2.26. The van der Waals surface area contributed by atoms with Crippen molar-refractivity contribution in [3.8, 4) is 0 Å². The van der Waals surface area contributed by atoms with Crippen molar-refractivity contribution < 1.29 is 9.53 Å². The third-order valence-corrected chi connectivity index (χ3v) is 3.88. The minimum atomic E-state index is -0.570. The van der Waals surface area contributed by atoms with Crippen LogP contribution in [-0.2, 0) is 9.53 Å². The first kappa shape index (κ1) is 16.8. The van der Waals surface area contributed by atoms with E-state index in [4.69, 9.17) is 4.74 Å². The summed E-state index contributed by atoms with van der Waals surface area (Å²) < 4.78 is 4.88. The molecule has 0 rings (SSSR count). The molecule has 102 valence electrons. The van der Waals surface area contributed by atoms with Gasteiger partial charge in [-0.2, -0.15) is 11.8 Å². The van der Waals surface area contributed by atoms with Gasteiger partial charge in [0.05, 0.1) is 7.11 Å². The number of esters is 1. The quantitative estimate of drug-likeness (QED) is 0.511. The van der Waals surface area contributed by atoms with Gasteiger partial charge in [-0.25, -0.2) is 0 Å². The lowest BCUT2D eigenvalue weighted by atomic mass is 10.0. The number of methoxy groups -OCH3 is 1. The molecule has 1 unspecified atom stereocenters. The normalized spacial score (nSPS) is 14.7. The molecule has 0 heterocycles. The molecule has 0 aromatic rings. The zero-order valence-electron chi connectivity index (χ0n) is 11.8. The Bertz CT molecular complexity index is 221. The number of nitrogens with one attached hydrogen (secondary N) is 1. The fourth-order valence-corrected chi connectivity index (χ4v) is 2.91. The Morgan fingerprint density at radius 2 is 2.06 bits per heavy atom. The van der Waals surface area contributed by atoms with Crippen molar-refractivity contribution in [2.24, 2.45) is 0 Å². The van der Waals surface area contributed by atoms with Gasteiger partial charge in [0.1, 0.15) is 5.54 Å². The van der Waals surface area contributed by atoms with Crippen LogP contribution < -0.4 is 5.32 Å². The molecule has 0 aliphatic rings. The molecular weight excluding hydrogens is 234 g/mol. The van der Waals surface area contributed by atoms with Crippen molar-refractivity contribution in [2.45, 2.75) is 58.5 Å². The van der Waals surface area contributed by atoms with Crippen molar-refractivity contribution in [3.05, 3.63) is 0 Å². The fraction of sp³-hybridized carbons (Fsp3) is 0.923. The lowest BCUT2D eigenvalue weighted by molar-refractivity contribution is -0.147. The minimum Gasteiger partial charge on any atom is -0.468 e. The van der Waals surface area contributed by atoms with Gasteiger partial charge in [-0.15, -0.1) is 0 Å². The predicted octanol–water partition coefficient (Wildman–Crippen LogP) is 2.84. The highest BCUT2D eigenvalue weighted by atomic mass is 32.2. The smallest absolute Gasteiger partial charge is 0.326 e. The molecule has 1 N–H and O–H groups in total. The second-order valence-electron chi connectivity index (χ2n) is 4.88. The summed E-state index contributed by atoms with van der Waals surface area (Å²) in [5.74, 6) is 1.70. The molecule has 0 aliphatic heterocycles. The molecule has 0 spiro atoms. The van der Waals surface area contributed by atoms with Crippen LogP contribution in [0.25, 0.3) is 0 Å². The van der Waals surface area contributed by atoms with Crippen LogP contribution >= 0.6 is 11.8 Å². The first-order valence-corrected chi connectivity index (χ1v) is 7.55. The van der Waals surface area contributed by atoms with E-state index >= 15 is 0 Å². The Kier molecular flexibility index (Phi) is 8.70. The Labute approximate surface area is 110 Å². The molecule has 0 fully saturated rings. The summed E-state index contributed by atoms with van der Waals surface area (Å²) in [5.41, 5.74) is -0.570. The monoisotopic (exact) mass is 261 g/mol. The molecule has 0 amide bonds. The van der Waals surface area contributed by atoms with Crippen LogP contribution in [0.1, 0.15) is 47.0 Å². The lowest BCUT2D eigenvalue weighted by Crippen LogP contribution is -2.55. The molecular formula is C13H27NO2S. The summed E-state index contributed by atoms with van der Waals surface area (Å²) in [6, 6.07) is 0.273. The molecule has 0 aromatic carbocycles. The summed E-state index contributed by atoms with van der Waals surface area (Å²) in [6.45, 7) is 8.21. The summed E-state index contributed by atoms with van der Waals surface area (Å²) in [7, 11) is 1.45. The highest BCUT2D eigenvalue weighted by Gasteiger charge is 2.34. The Hall–Kier alpha value is -0.220. The van der Waals surface area contributed by atoms with Crippen molar-refractivity contribution in [3.63, 3.8) is 0 Å². The van der Waals surface area contributed by atoms with E-state index in [0.717, 1.165) is 11.5 Å². The van der Waals surface area contributed by atoms with Crippen LogP contribution in [0.3, 0.4) is 0 Å². The van der Waals surface area contributed by atoms with Crippen LogP contribution in [0.5, 0.6) is 0 Å². The maximum absolute atomic E-state index is 11.8. The largest absolute Gasteiger partial charge is 0.468 e. The van der Waals surface area contributed by atoms with Gasteiger partial charge in [-0.3, -0.25) is 10.1 Å². The zero-order valence-corrected chi connectivity index (χ0v) is 12.7. The minimum absolute atomic E-state index is 0.172. The maximum Gasteiger partial charge on any atom is 0.326 e. The van der Waals surface area contributed by atoms with Crippen LogP contribution in [0, 0.1) is 0 Å². The number of rotatable bonds is 9. The third kappa shape index (κ3) is 6.94. The van der Waals surface area contributed by atoms with Gasteiger partial charge in [0.15, 0.2) is 0 Å². The van der Waals surface area contributed by atoms with Gasteiger partial charge in [-0.05, 0) is 32.9 Å². The van der Waals surface area contributed by atoms with Gasteiger partial charge < -0.3 is 4.74 Å². The molecule has 0 radical (unpaired) electrons. The van der Waals surface area contributed by atoms with E-state index in [9.17, 15) is 4.79 Å². The first-order valence-electron chi connectivity index (χ1n) is 6.40. The molecule has 0 aromatic heterocycles. The van der Waals surface area contributed by atoms with Crippen molar-refractivity contribution in [1.29, 1.82) is 0 Å². The number of carbonyl (C=O) groups excluding carboxylic acids is 1. The zero-order chi connectivity index (χ0) is 13.3. The van der Waals surface area contributed by atoms with Crippen LogP contribution in [0.4, 0.5) is 0 Å². The van der Waals surface area contributed by atoms with E-state index in [-0.39, 0.29) is 12.0 Å². The van der Waals surface area contributed by atoms with E-state index < -0.39 is 5.54 Å². The molecule has 3 nitrogen and oxygen atoms in total. The van der Waals surface area contributed by atoms with Crippen LogP contribution in [-0.4, -0.2) is 36.2 Å². The van der Waals surface area contributed by atoms with Crippen LogP contribution in [0.15, 0.2) is 0 Å². The summed E-state index contributed by atoms with van der Waals surface area (Å²) in [4.78, 5) is 11.8. The standard InChI is InChI=1S/C13H27NO2S/c1-6-7-8-9-17-10-13(4,12(15)16-5)14-11(2)3/h11,14H,6-10H2,1-5H3. The van der Waals surface area contributed by atoms with Crippen LogP contribution in [0.2, 0.25) is 0 Å². The number of thioether (sulfide) groups is 1. The molecule has 1 atom stereocenters. The van der Waals surface area contributed by atoms with Crippen molar-refractivity contribution >= 4 is 17.7 Å². The molecule has 0 saturated carbocycles. The van der Waals surface area contributed by atoms with Gasteiger partial charge in [0.2, 0.25) is 0 Å². The number of ether oxygens (including phenoxy) is 1. The predicted molar refractivity (Wildman–Crippen MR) is 75.5 cm³/mol. The number of hydrogen-bond donors (Lipinski definition) is 1. The molecule has 17 heavy (non-hydrogen) atoms. The summed E-state index contributed by atoms with van der Waals surface area (Å²) in [5, 5.41) is 3.30. The first-order chi connectivity index (χ1) is 7.96. The number of hydrogen-bond acceptors (Lipinski definition) is 4. The molecule has 0 bridgehead atoms. The second-order valence-corrected chi connectivity index (χ2v) is 5.99. The van der Waals surface area contributed by atoms with Crippen molar-refractivity contribution in [1.82, 2.24) is 5.32 Å². The second kappa shape index (κ2) is 8.81. The number of carbonyl (C=O) groups is 1. The maximum atomic E-state index is 11.8. The van der Waals surface area contributed by atoms with Gasteiger partial charge in [0, 0.05) is 11.8 Å². The van der Waals surface area contributed by atoms with Gasteiger partial charge in [-0.1, -0.05) is 19.8 Å². The van der Waals surface area contributed by atoms with Crippen molar-refractivity contribution in [2.75, 3.05) is 18.6 Å². The summed E-state index contributed by atoms with van der Waals surface area (Å²) in [6.07, 6.45) is 3.72. The third-order valence-electron chi connectivity index (χ3n) is 2.53. The highest BCUT2D eigenvalue weighted by molar-refractivity contribution is 7.99. The highest BCUT2D eigenvalue weighted by Crippen LogP contribution is 2.17. The lowest BCUT2D eigenvalue weighted by Gasteiger charge is -2.29. The molecule has 4 heteroatoms. The summed E-state index contributed by atoms with van der Waals surface area (Å²) >= 11 is 1.82. The SMILES string of the molecule is CCCCCSCC(C)(NC(C)C)C(=O)OC. The average molecular weight is 261 g/mol. The van der Waals surface area contributed by atoms with E-state index in [1.807, 2.05) is 32.5 Å². The molecule has 0 aliphatic carbocycles. The topological polar surface area (TPSA) is 38.3 Å². The Balaban J connectivity index is 4.15. The van der Waals surface area contributed by atoms with E-state index in [1.165, 1.54) is 26.4 Å². The molecule has 0 saturated heterocycles. The van der Waals surface area contributed by atoms with E-state index in [2.05, 4.69) is 12.2 Å². The van der Waals surface area contributed by atoms with E-state index in [1.54, 1.807) is 0 Å². The van der Waals surface area contributed by atoms with Gasteiger partial charge in [0.25, 0.3) is 0 Å². The van der Waals surface area contributed by atoms with E-state index in [0.29, 0.717) is 0 Å². The Morgan fingerprint density at radius 1 is 1.41 bits per heavy atom.